The Balaban J connectivity index is 1.79. The molecule has 0 bridgehead atoms. The second-order valence-corrected chi connectivity index (χ2v) is 5.81. The van der Waals surface area contributed by atoms with Crippen LogP contribution in [-0.2, 0) is 0 Å². The van der Waals surface area contributed by atoms with Crippen LogP contribution < -0.4 is 0 Å². The summed E-state index contributed by atoms with van der Waals surface area (Å²) in [5.74, 6) is -0.262. The maximum Gasteiger partial charge on any atom is 0.123 e. The van der Waals surface area contributed by atoms with Crippen LogP contribution in [0.1, 0.15) is 11.3 Å². The van der Waals surface area contributed by atoms with Crippen LogP contribution in [0.25, 0.3) is 29.1 Å². The lowest BCUT2D eigenvalue weighted by atomic mass is 10.1. The van der Waals surface area contributed by atoms with E-state index in [0.29, 0.717) is 0 Å². The fourth-order valence-electron chi connectivity index (χ4n) is 2.70. The van der Waals surface area contributed by atoms with Crippen molar-refractivity contribution in [2.75, 3.05) is 0 Å². The van der Waals surface area contributed by atoms with Crippen LogP contribution in [0, 0.1) is 5.82 Å². The van der Waals surface area contributed by atoms with Gasteiger partial charge >= 0.3 is 0 Å². The van der Waals surface area contributed by atoms with Crippen molar-refractivity contribution in [1.29, 1.82) is 0 Å². The second-order valence-electron chi connectivity index (χ2n) is 5.81. The molecule has 2 heterocycles. The average molecular weight is 341 g/mol. The molecule has 4 rings (SSSR count). The topological polar surface area (TPSA) is 30.7 Å². The monoisotopic (exact) mass is 341 g/mol. The molecule has 2 aromatic heterocycles. The van der Waals surface area contributed by atoms with Crippen molar-refractivity contribution in [1.82, 2.24) is 14.8 Å². The van der Waals surface area contributed by atoms with Gasteiger partial charge in [-0.3, -0.25) is 4.98 Å². The Hall–Kier alpha value is -3.53. The minimum Gasteiger partial charge on any atom is -0.257 e. The minimum absolute atomic E-state index is 0.262. The van der Waals surface area contributed by atoms with E-state index < -0.39 is 0 Å². The molecule has 0 aliphatic heterocycles. The van der Waals surface area contributed by atoms with E-state index in [4.69, 9.17) is 5.10 Å². The van der Waals surface area contributed by atoms with E-state index >= 15 is 0 Å². The Morgan fingerprint density at radius 2 is 1.58 bits per heavy atom. The summed E-state index contributed by atoms with van der Waals surface area (Å²) in [4.78, 5) is 4.31. The molecule has 3 nitrogen and oxygen atoms in total. The summed E-state index contributed by atoms with van der Waals surface area (Å²) in [6.07, 6.45) is 7.65. The van der Waals surface area contributed by atoms with Crippen LogP contribution in [-0.4, -0.2) is 14.8 Å². The lowest BCUT2D eigenvalue weighted by Crippen LogP contribution is -1.94. The molecule has 0 unspecified atom stereocenters. The number of rotatable bonds is 4. The smallest absolute Gasteiger partial charge is 0.123 e. The van der Waals surface area contributed by atoms with E-state index in [-0.39, 0.29) is 5.82 Å². The van der Waals surface area contributed by atoms with Crippen LogP contribution >= 0.6 is 0 Å². The van der Waals surface area contributed by atoms with Gasteiger partial charge in [0.25, 0.3) is 0 Å². The number of hydrogen-bond donors (Lipinski definition) is 0. The summed E-state index contributed by atoms with van der Waals surface area (Å²) in [6.45, 7) is 0. The van der Waals surface area contributed by atoms with E-state index in [2.05, 4.69) is 4.98 Å². The minimum atomic E-state index is -0.262. The first-order chi connectivity index (χ1) is 12.8. The van der Waals surface area contributed by atoms with Gasteiger partial charge in [-0.25, -0.2) is 9.07 Å². The highest BCUT2D eigenvalue weighted by atomic mass is 19.1. The zero-order chi connectivity index (χ0) is 17.8. The molecule has 26 heavy (non-hydrogen) atoms. The van der Waals surface area contributed by atoms with Gasteiger partial charge in [-0.05, 0) is 60.7 Å². The van der Waals surface area contributed by atoms with Crippen molar-refractivity contribution in [2.45, 2.75) is 0 Å². The molecule has 0 aliphatic rings. The highest BCUT2D eigenvalue weighted by molar-refractivity contribution is 5.78. The Morgan fingerprint density at radius 3 is 2.31 bits per heavy atom. The van der Waals surface area contributed by atoms with Gasteiger partial charge < -0.3 is 0 Å². The predicted molar refractivity (Wildman–Crippen MR) is 102 cm³/mol. The van der Waals surface area contributed by atoms with Crippen LogP contribution in [0.2, 0.25) is 0 Å². The highest BCUT2D eigenvalue weighted by Gasteiger charge is 2.10. The molecular weight excluding hydrogens is 325 g/mol. The summed E-state index contributed by atoms with van der Waals surface area (Å²) >= 11 is 0. The Bertz CT molecular complexity index is 1020. The van der Waals surface area contributed by atoms with Gasteiger partial charge in [-0.1, -0.05) is 24.3 Å². The molecule has 0 atom stereocenters. The number of benzene rings is 2. The van der Waals surface area contributed by atoms with Crippen LogP contribution in [0.4, 0.5) is 4.39 Å². The maximum atomic E-state index is 13.3. The molecule has 4 aromatic rings. The van der Waals surface area contributed by atoms with Crippen LogP contribution in [0.15, 0.2) is 85.2 Å². The van der Waals surface area contributed by atoms with Gasteiger partial charge in [0.05, 0.1) is 17.1 Å². The molecule has 0 saturated carbocycles. The van der Waals surface area contributed by atoms with Gasteiger partial charge in [0, 0.05) is 23.5 Å². The zero-order valence-electron chi connectivity index (χ0n) is 14.0. The van der Waals surface area contributed by atoms with Gasteiger partial charge in [-0.2, -0.15) is 5.10 Å². The summed E-state index contributed by atoms with van der Waals surface area (Å²) < 4.78 is 15.1. The SMILES string of the molecule is Fc1ccc(-c2nn(-c3ccccc3)cc2C=Cc2ccccn2)cc1. The van der Waals surface area contributed by atoms with E-state index in [1.165, 1.54) is 12.1 Å². The number of aromatic nitrogens is 3. The average Bonchev–Trinajstić information content (AvgIpc) is 3.13. The van der Waals surface area contributed by atoms with Gasteiger partial charge in [0.1, 0.15) is 5.82 Å². The van der Waals surface area contributed by atoms with Gasteiger partial charge in [0.15, 0.2) is 0 Å². The maximum absolute atomic E-state index is 13.3. The fourth-order valence-corrected chi connectivity index (χ4v) is 2.70. The molecule has 2 aromatic carbocycles. The third-order valence-corrected chi connectivity index (χ3v) is 4.00. The molecule has 126 valence electrons. The molecule has 0 saturated heterocycles. The van der Waals surface area contributed by atoms with Crippen LogP contribution in [0.5, 0.6) is 0 Å². The quantitative estimate of drug-likeness (QED) is 0.508. The first-order valence-electron chi connectivity index (χ1n) is 8.30. The molecule has 0 aliphatic carbocycles. The first-order valence-corrected chi connectivity index (χ1v) is 8.30. The van der Waals surface area contributed by atoms with Crippen LogP contribution in [0.3, 0.4) is 0 Å². The zero-order valence-corrected chi connectivity index (χ0v) is 14.0. The first kappa shape index (κ1) is 16.0. The molecule has 4 heteroatoms. The standard InChI is InChI=1S/C22H16FN3/c23-19-12-9-17(10-13-19)22-18(11-14-20-6-4-5-15-24-20)16-26(25-22)21-7-2-1-3-8-21/h1-16H. The summed E-state index contributed by atoms with van der Waals surface area (Å²) in [6, 6.07) is 22.0. The van der Waals surface area contributed by atoms with Crippen molar-refractivity contribution in [3.63, 3.8) is 0 Å². The summed E-state index contributed by atoms with van der Waals surface area (Å²) in [7, 11) is 0. The Kier molecular flexibility index (Phi) is 4.39. The molecule has 0 spiro atoms. The lowest BCUT2D eigenvalue weighted by molar-refractivity contribution is 0.628. The van der Waals surface area contributed by atoms with Crippen molar-refractivity contribution in [2.24, 2.45) is 0 Å². The van der Waals surface area contributed by atoms with Crippen molar-refractivity contribution >= 4 is 12.2 Å². The summed E-state index contributed by atoms with van der Waals surface area (Å²) in [5, 5.41) is 4.72. The predicted octanol–water partition coefficient (Wildman–Crippen LogP) is 5.24. The lowest BCUT2D eigenvalue weighted by Gasteiger charge is -2.00. The molecular formula is C22H16FN3. The normalized spacial score (nSPS) is 11.1. The molecule has 0 N–H and O–H groups in total. The molecule has 0 fully saturated rings. The third-order valence-electron chi connectivity index (χ3n) is 4.00. The van der Waals surface area contributed by atoms with E-state index in [9.17, 15) is 4.39 Å². The Labute approximate surface area is 151 Å². The Morgan fingerprint density at radius 1 is 0.808 bits per heavy atom. The van der Waals surface area contributed by atoms with Crippen molar-refractivity contribution in [3.05, 3.63) is 102 Å². The largest absolute Gasteiger partial charge is 0.257 e. The number of pyridine rings is 1. The van der Waals surface area contributed by atoms with Gasteiger partial charge in [0.2, 0.25) is 0 Å². The number of halogens is 1. The van der Waals surface area contributed by atoms with Crippen molar-refractivity contribution < 1.29 is 4.39 Å². The fraction of sp³-hybridized carbons (Fsp3) is 0. The number of hydrogen-bond acceptors (Lipinski definition) is 2. The number of para-hydroxylation sites is 1. The molecule has 0 amide bonds. The number of nitrogens with zero attached hydrogens (tertiary/aromatic N) is 3. The summed E-state index contributed by atoms with van der Waals surface area (Å²) in [5.41, 5.74) is 4.42. The molecule has 0 radical (unpaired) electrons. The van der Waals surface area contributed by atoms with Gasteiger partial charge in [-0.15, -0.1) is 0 Å². The van der Waals surface area contributed by atoms with E-state index in [1.807, 2.05) is 71.6 Å². The third kappa shape index (κ3) is 3.44. The van der Waals surface area contributed by atoms with E-state index in [0.717, 1.165) is 28.2 Å². The van der Waals surface area contributed by atoms with Crippen molar-refractivity contribution in [3.8, 4) is 16.9 Å². The van der Waals surface area contributed by atoms with E-state index in [1.54, 1.807) is 18.3 Å². The highest BCUT2D eigenvalue weighted by Crippen LogP contribution is 2.25. The second kappa shape index (κ2) is 7.15.